The van der Waals surface area contributed by atoms with Gasteiger partial charge in [-0.05, 0) is 56.7 Å². The number of hydrogen-bond donors (Lipinski definition) is 1. The molecule has 0 unspecified atom stereocenters. The Morgan fingerprint density at radius 1 is 1.13 bits per heavy atom. The van der Waals surface area contributed by atoms with E-state index in [1.165, 1.54) is 11.3 Å². The zero-order chi connectivity index (χ0) is 26.7. The minimum Gasteiger partial charge on any atom is -0.478 e. The molecule has 0 amide bonds. The second kappa shape index (κ2) is 9.92. The first kappa shape index (κ1) is 25.1. The Kier molecular flexibility index (Phi) is 6.38. The van der Waals surface area contributed by atoms with Crippen molar-refractivity contribution in [1.29, 1.82) is 0 Å². The highest BCUT2D eigenvalue weighted by Crippen LogP contribution is 2.47. The highest BCUT2D eigenvalue weighted by molar-refractivity contribution is 7.13. The summed E-state index contributed by atoms with van der Waals surface area (Å²) in [6.07, 6.45) is 5.93. The summed E-state index contributed by atoms with van der Waals surface area (Å²) in [5.74, 6) is 0.603. The Labute approximate surface area is 237 Å². The fourth-order valence-electron chi connectivity index (χ4n) is 5.80. The van der Waals surface area contributed by atoms with Crippen LogP contribution in [0.1, 0.15) is 66.1 Å². The van der Waals surface area contributed by atoms with Crippen molar-refractivity contribution in [2.45, 2.75) is 69.2 Å². The van der Waals surface area contributed by atoms with E-state index in [2.05, 4.69) is 20.3 Å². The Balaban J connectivity index is 1.07. The van der Waals surface area contributed by atoms with E-state index in [0.717, 1.165) is 49.8 Å². The quantitative estimate of drug-likeness (QED) is 0.232. The third-order valence-corrected chi connectivity index (χ3v) is 9.36. The summed E-state index contributed by atoms with van der Waals surface area (Å²) in [5, 5.41) is 24.7. The zero-order valence-corrected chi connectivity index (χ0v) is 23.0. The molecule has 39 heavy (non-hydrogen) atoms. The molecule has 2 saturated heterocycles. The molecule has 4 aromatic rings. The molecule has 202 valence electrons. The third kappa shape index (κ3) is 4.63. The number of benzene rings is 1. The number of carbonyl (C=O) groups is 1. The van der Waals surface area contributed by atoms with Gasteiger partial charge >= 0.3 is 12.0 Å². The molecule has 3 aromatic heterocycles. The minimum atomic E-state index is -0.977. The van der Waals surface area contributed by atoms with E-state index in [1.54, 1.807) is 23.6 Å². The van der Waals surface area contributed by atoms with Gasteiger partial charge in [-0.2, -0.15) is 0 Å². The fraction of sp³-hybridized carbons (Fsp3) is 0.407. The third-order valence-electron chi connectivity index (χ3n) is 7.81. The summed E-state index contributed by atoms with van der Waals surface area (Å²) < 4.78 is 18.3. The first-order valence-electron chi connectivity index (χ1n) is 12.9. The molecule has 0 radical (unpaired) electrons. The number of fused-ring (bicyclic) bond motifs is 2. The van der Waals surface area contributed by atoms with E-state index in [9.17, 15) is 9.90 Å². The molecule has 5 heterocycles. The van der Waals surface area contributed by atoms with Crippen LogP contribution in [-0.4, -0.2) is 44.6 Å². The lowest BCUT2D eigenvalue weighted by Crippen LogP contribution is -2.45. The van der Waals surface area contributed by atoms with E-state index in [4.69, 9.17) is 36.9 Å². The van der Waals surface area contributed by atoms with Crippen molar-refractivity contribution in [3.05, 3.63) is 56.6 Å². The molecule has 2 aliphatic heterocycles. The lowest BCUT2D eigenvalue weighted by atomic mass is 10.00. The highest BCUT2D eigenvalue weighted by Gasteiger charge is 2.44. The number of aromatic carboxylic acids is 1. The largest absolute Gasteiger partial charge is 0.478 e. The Morgan fingerprint density at radius 3 is 2.54 bits per heavy atom. The topological polar surface area (TPSA) is 115 Å². The molecule has 2 bridgehead atoms. The molecular weight excluding hydrogens is 563 g/mol. The molecular formula is C27H24Cl2N4O5S. The maximum absolute atomic E-state index is 11.2. The van der Waals surface area contributed by atoms with Gasteiger partial charge in [-0.15, -0.1) is 16.4 Å². The number of rotatable bonds is 8. The van der Waals surface area contributed by atoms with E-state index in [0.29, 0.717) is 50.6 Å². The number of thiophene rings is 1. The molecule has 3 fully saturated rings. The van der Waals surface area contributed by atoms with Crippen LogP contribution < -0.4 is 4.90 Å². The van der Waals surface area contributed by atoms with Gasteiger partial charge in [0.1, 0.15) is 11.5 Å². The van der Waals surface area contributed by atoms with Crippen LogP contribution in [0.5, 0.6) is 0 Å². The molecule has 7 rings (SSSR count). The number of halogens is 2. The number of carboxylic acids is 1. The maximum atomic E-state index is 11.2. The molecule has 0 spiro atoms. The fourth-order valence-corrected chi connectivity index (χ4v) is 7.18. The SMILES string of the molecule is O=C(O)c1csc(-c2nnc(N3[C@@H]4CC[C@H]3C[C@@H](OCc3c(-c5c(Cl)cccc5Cl)noc3C3CC3)C4)o2)c1. The van der Waals surface area contributed by atoms with Gasteiger partial charge in [-0.3, -0.25) is 0 Å². The molecule has 1 saturated carbocycles. The number of hydrogen-bond acceptors (Lipinski definition) is 9. The number of ether oxygens (including phenoxy) is 1. The Morgan fingerprint density at radius 2 is 1.87 bits per heavy atom. The van der Waals surface area contributed by atoms with Gasteiger partial charge in [0.05, 0.1) is 33.2 Å². The van der Waals surface area contributed by atoms with E-state index in [-0.39, 0.29) is 23.8 Å². The van der Waals surface area contributed by atoms with Crippen molar-refractivity contribution in [2.75, 3.05) is 4.90 Å². The van der Waals surface area contributed by atoms with Crippen LogP contribution in [0.2, 0.25) is 10.0 Å². The van der Waals surface area contributed by atoms with Crippen molar-refractivity contribution < 1.29 is 23.6 Å². The molecule has 1 aliphatic carbocycles. The van der Waals surface area contributed by atoms with Crippen LogP contribution in [-0.2, 0) is 11.3 Å². The monoisotopic (exact) mass is 586 g/mol. The predicted octanol–water partition coefficient (Wildman–Crippen LogP) is 7.05. The van der Waals surface area contributed by atoms with Gasteiger partial charge in [0, 0.05) is 34.5 Å². The lowest BCUT2D eigenvalue weighted by molar-refractivity contribution is 0.0139. The highest BCUT2D eigenvalue weighted by atomic mass is 35.5. The van der Waals surface area contributed by atoms with Crippen molar-refractivity contribution in [3.8, 4) is 22.0 Å². The summed E-state index contributed by atoms with van der Waals surface area (Å²) in [7, 11) is 0. The minimum absolute atomic E-state index is 0.0630. The van der Waals surface area contributed by atoms with Gasteiger partial charge in [0.2, 0.25) is 0 Å². The van der Waals surface area contributed by atoms with Gasteiger partial charge < -0.3 is 23.7 Å². The summed E-state index contributed by atoms with van der Waals surface area (Å²) in [5.41, 5.74) is 2.48. The maximum Gasteiger partial charge on any atom is 0.336 e. The summed E-state index contributed by atoms with van der Waals surface area (Å²) in [6, 6.07) is 7.91. The zero-order valence-electron chi connectivity index (χ0n) is 20.7. The lowest BCUT2D eigenvalue weighted by Gasteiger charge is -2.37. The van der Waals surface area contributed by atoms with Gasteiger partial charge in [0.25, 0.3) is 5.89 Å². The number of aromatic nitrogens is 3. The number of piperidine rings is 1. The second-order valence-corrected chi connectivity index (χ2v) is 12.1. The normalized spacial score (nSPS) is 22.5. The predicted molar refractivity (Wildman–Crippen MR) is 146 cm³/mol. The summed E-state index contributed by atoms with van der Waals surface area (Å²) >= 11 is 14.3. The Bertz CT molecular complexity index is 1510. The first-order valence-corrected chi connectivity index (χ1v) is 14.6. The van der Waals surface area contributed by atoms with Crippen LogP contribution in [0.3, 0.4) is 0 Å². The Hall–Kier alpha value is -2.92. The van der Waals surface area contributed by atoms with Crippen molar-refractivity contribution in [1.82, 2.24) is 15.4 Å². The van der Waals surface area contributed by atoms with Gasteiger partial charge in [0.15, 0.2) is 0 Å². The average molecular weight is 587 g/mol. The number of nitrogens with zero attached hydrogens (tertiary/aromatic N) is 4. The average Bonchev–Trinajstić information content (AvgIpc) is 3.25. The first-order chi connectivity index (χ1) is 19.0. The van der Waals surface area contributed by atoms with E-state index < -0.39 is 5.97 Å². The molecule has 1 aromatic carbocycles. The number of carboxylic acid groups (broad SMARTS) is 1. The molecule has 12 heteroatoms. The van der Waals surface area contributed by atoms with Crippen LogP contribution in [0, 0.1) is 0 Å². The molecule has 1 N–H and O–H groups in total. The van der Waals surface area contributed by atoms with Crippen LogP contribution in [0.25, 0.3) is 22.0 Å². The van der Waals surface area contributed by atoms with E-state index >= 15 is 0 Å². The summed E-state index contributed by atoms with van der Waals surface area (Å²) in [4.78, 5) is 14.1. The molecule has 3 aliphatic rings. The smallest absolute Gasteiger partial charge is 0.336 e. The molecule has 3 atom stereocenters. The van der Waals surface area contributed by atoms with Crippen molar-refractivity contribution in [2.24, 2.45) is 0 Å². The second-order valence-electron chi connectivity index (χ2n) is 10.3. The van der Waals surface area contributed by atoms with Crippen LogP contribution in [0.15, 0.2) is 38.6 Å². The van der Waals surface area contributed by atoms with Crippen molar-refractivity contribution >= 4 is 46.5 Å². The number of anilines is 1. The summed E-state index contributed by atoms with van der Waals surface area (Å²) in [6.45, 7) is 0.380. The molecule has 9 nitrogen and oxygen atoms in total. The standard InChI is InChI=1S/C27H24Cl2N4O5S/c28-19-2-1-3-20(29)22(19)23-18(24(38-32-23)13-4-5-13)11-36-17-9-15-6-7-16(10-17)33(15)27-31-30-25(37-27)21-8-14(12-39-21)26(34)35/h1-3,8,12-13,15-17H,4-7,9-11H2,(H,34,35)/t15-,16+,17+. The van der Waals surface area contributed by atoms with Crippen molar-refractivity contribution in [3.63, 3.8) is 0 Å². The van der Waals surface area contributed by atoms with Crippen LogP contribution >= 0.6 is 34.5 Å². The van der Waals surface area contributed by atoms with E-state index in [1.807, 2.05) is 6.07 Å². The van der Waals surface area contributed by atoms with Gasteiger partial charge in [-0.1, -0.05) is 39.5 Å². The van der Waals surface area contributed by atoms with Gasteiger partial charge in [-0.25, -0.2) is 4.79 Å². The van der Waals surface area contributed by atoms with Crippen LogP contribution in [0.4, 0.5) is 6.01 Å².